The molecular formula is C11H12O5. The van der Waals surface area contributed by atoms with Crippen LogP contribution in [0, 0.1) is 0 Å². The molecule has 1 aliphatic rings. The Balaban J connectivity index is 2.62. The predicted molar refractivity (Wildman–Crippen MR) is 54.5 cm³/mol. The molecule has 2 rings (SSSR count). The molecule has 16 heavy (non-hydrogen) atoms. The Labute approximate surface area is 92.2 Å². The molecule has 1 aliphatic heterocycles. The van der Waals surface area contributed by atoms with Gasteiger partial charge in [-0.1, -0.05) is 0 Å². The van der Waals surface area contributed by atoms with E-state index in [1.807, 2.05) is 0 Å². The summed E-state index contributed by atoms with van der Waals surface area (Å²) in [6.45, 7) is 1.59. The van der Waals surface area contributed by atoms with Crippen LogP contribution in [0.2, 0.25) is 0 Å². The van der Waals surface area contributed by atoms with Crippen LogP contribution in [0.1, 0.15) is 28.9 Å². The molecular weight excluding hydrogens is 212 g/mol. The first-order chi connectivity index (χ1) is 7.54. The number of phenolic OH excluding ortho intramolecular Hbond substituents is 1. The van der Waals surface area contributed by atoms with Gasteiger partial charge in [0.1, 0.15) is 29.3 Å². The average Bonchev–Trinajstić information content (AvgIpc) is 2.24. The van der Waals surface area contributed by atoms with Crippen LogP contribution in [-0.4, -0.2) is 29.4 Å². The first-order valence-electron chi connectivity index (χ1n) is 4.84. The van der Waals surface area contributed by atoms with Crippen LogP contribution < -0.4 is 4.74 Å². The Bertz CT molecular complexity index is 440. The molecule has 0 saturated carbocycles. The second-order valence-corrected chi connectivity index (χ2v) is 3.67. The number of methoxy groups -OCH3 is 1. The van der Waals surface area contributed by atoms with Crippen molar-refractivity contribution in [3.05, 3.63) is 23.3 Å². The van der Waals surface area contributed by atoms with Gasteiger partial charge in [-0.15, -0.1) is 0 Å². The largest absolute Gasteiger partial charge is 0.507 e. The Hall–Kier alpha value is -1.75. The van der Waals surface area contributed by atoms with Gasteiger partial charge in [-0.05, 0) is 13.0 Å². The van der Waals surface area contributed by atoms with Crippen LogP contribution in [0.5, 0.6) is 11.5 Å². The zero-order chi connectivity index (χ0) is 11.9. The fourth-order valence-electron chi connectivity index (χ4n) is 1.74. The van der Waals surface area contributed by atoms with Crippen molar-refractivity contribution in [3.8, 4) is 11.5 Å². The summed E-state index contributed by atoms with van der Waals surface area (Å²) in [6.07, 6.45) is -1.58. The first-order valence-corrected chi connectivity index (χ1v) is 4.84. The number of cyclic esters (lactones) is 1. The number of fused-ring (bicyclic) bond motifs is 1. The smallest absolute Gasteiger partial charge is 0.342 e. The van der Waals surface area contributed by atoms with Crippen molar-refractivity contribution in [2.45, 2.75) is 19.1 Å². The van der Waals surface area contributed by atoms with E-state index in [9.17, 15) is 15.0 Å². The number of hydrogen-bond acceptors (Lipinski definition) is 5. The number of aliphatic hydroxyl groups is 1. The monoisotopic (exact) mass is 224 g/mol. The molecule has 0 unspecified atom stereocenters. The molecule has 0 radical (unpaired) electrons. The van der Waals surface area contributed by atoms with E-state index in [1.165, 1.54) is 19.2 Å². The van der Waals surface area contributed by atoms with Crippen molar-refractivity contribution in [1.82, 2.24) is 0 Å². The Morgan fingerprint density at radius 1 is 1.44 bits per heavy atom. The second-order valence-electron chi connectivity index (χ2n) is 3.67. The number of aliphatic hydroxyl groups excluding tert-OH is 1. The highest BCUT2D eigenvalue weighted by atomic mass is 16.6. The van der Waals surface area contributed by atoms with Gasteiger partial charge in [0.2, 0.25) is 0 Å². The van der Waals surface area contributed by atoms with Gasteiger partial charge in [0.25, 0.3) is 0 Å². The van der Waals surface area contributed by atoms with Gasteiger partial charge >= 0.3 is 5.97 Å². The van der Waals surface area contributed by atoms with Crippen LogP contribution >= 0.6 is 0 Å². The Morgan fingerprint density at radius 3 is 2.75 bits per heavy atom. The molecule has 0 aromatic heterocycles. The topological polar surface area (TPSA) is 76.0 Å². The normalized spacial score (nSPS) is 23.6. The van der Waals surface area contributed by atoms with Gasteiger partial charge in [0, 0.05) is 11.6 Å². The van der Waals surface area contributed by atoms with Crippen molar-refractivity contribution in [1.29, 1.82) is 0 Å². The molecule has 0 spiro atoms. The number of ether oxygens (including phenoxy) is 2. The first kappa shape index (κ1) is 10.8. The number of esters is 1. The minimum Gasteiger partial charge on any atom is -0.507 e. The maximum Gasteiger partial charge on any atom is 0.342 e. The lowest BCUT2D eigenvalue weighted by molar-refractivity contribution is -0.0217. The average molecular weight is 224 g/mol. The third kappa shape index (κ3) is 1.49. The van der Waals surface area contributed by atoms with Crippen LogP contribution in [0.25, 0.3) is 0 Å². The van der Waals surface area contributed by atoms with Crippen LogP contribution in [0.15, 0.2) is 12.1 Å². The van der Waals surface area contributed by atoms with E-state index in [-0.39, 0.29) is 11.3 Å². The summed E-state index contributed by atoms with van der Waals surface area (Å²) >= 11 is 0. The summed E-state index contributed by atoms with van der Waals surface area (Å²) in [5, 5.41) is 19.5. The van der Waals surface area contributed by atoms with E-state index >= 15 is 0 Å². The van der Waals surface area contributed by atoms with Crippen LogP contribution in [0.4, 0.5) is 0 Å². The van der Waals surface area contributed by atoms with Crippen LogP contribution in [-0.2, 0) is 4.74 Å². The summed E-state index contributed by atoms with van der Waals surface area (Å²) in [6, 6.07) is 2.83. The molecule has 2 N–H and O–H groups in total. The van der Waals surface area contributed by atoms with E-state index in [2.05, 4.69) is 0 Å². The van der Waals surface area contributed by atoms with Crippen molar-refractivity contribution < 1.29 is 24.5 Å². The van der Waals surface area contributed by atoms with E-state index in [4.69, 9.17) is 9.47 Å². The lowest BCUT2D eigenvalue weighted by Crippen LogP contribution is -2.29. The summed E-state index contributed by atoms with van der Waals surface area (Å²) in [5.74, 6) is -0.490. The van der Waals surface area contributed by atoms with Crippen molar-refractivity contribution in [2.24, 2.45) is 0 Å². The molecule has 0 aliphatic carbocycles. The number of benzene rings is 1. The zero-order valence-corrected chi connectivity index (χ0v) is 8.93. The maximum absolute atomic E-state index is 11.5. The van der Waals surface area contributed by atoms with Gasteiger partial charge < -0.3 is 19.7 Å². The third-order valence-corrected chi connectivity index (χ3v) is 2.62. The Kier molecular flexibility index (Phi) is 2.47. The minimum absolute atomic E-state index is 0.00593. The van der Waals surface area contributed by atoms with E-state index in [0.717, 1.165) is 0 Å². The summed E-state index contributed by atoms with van der Waals surface area (Å²) in [7, 11) is 1.44. The van der Waals surface area contributed by atoms with Crippen molar-refractivity contribution in [2.75, 3.05) is 7.11 Å². The predicted octanol–water partition coefficient (Wildman–Crippen LogP) is 0.993. The van der Waals surface area contributed by atoms with E-state index in [0.29, 0.717) is 11.3 Å². The molecule has 0 amide bonds. The molecule has 1 aromatic rings. The fourth-order valence-corrected chi connectivity index (χ4v) is 1.74. The molecule has 86 valence electrons. The summed E-state index contributed by atoms with van der Waals surface area (Å²) < 4.78 is 9.85. The molecule has 5 nitrogen and oxygen atoms in total. The highest BCUT2D eigenvalue weighted by Crippen LogP contribution is 2.37. The standard InChI is InChI=1S/C11H12O5/c1-5-10(13)7-3-6(15-2)4-8(12)9(7)11(14)16-5/h3-5,10,12-13H,1-2H3/t5-,10-/m0/s1. The second kappa shape index (κ2) is 3.68. The quantitative estimate of drug-likeness (QED) is 0.696. The number of rotatable bonds is 1. The fraction of sp³-hybridized carbons (Fsp3) is 0.364. The molecule has 0 bridgehead atoms. The summed E-state index contributed by atoms with van der Waals surface area (Å²) in [4.78, 5) is 11.5. The maximum atomic E-state index is 11.5. The molecule has 2 atom stereocenters. The highest BCUT2D eigenvalue weighted by molar-refractivity contribution is 5.95. The van der Waals surface area contributed by atoms with Gasteiger partial charge in [-0.25, -0.2) is 4.79 Å². The van der Waals surface area contributed by atoms with Gasteiger partial charge in [-0.3, -0.25) is 0 Å². The van der Waals surface area contributed by atoms with E-state index in [1.54, 1.807) is 6.92 Å². The van der Waals surface area contributed by atoms with Crippen molar-refractivity contribution >= 4 is 5.97 Å². The van der Waals surface area contributed by atoms with Gasteiger partial charge in [-0.2, -0.15) is 0 Å². The number of carbonyl (C=O) groups excluding carboxylic acids is 1. The van der Waals surface area contributed by atoms with Crippen LogP contribution in [0.3, 0.4) is 0 Å². The van der Waals surface area contributed by atoms with Crippen molar-refractivity contribution in [3.63, 3.8) is 0 Å². The highest BCUT2D eigenvalue weighted by Gasteiger charge is 2.34. The number of carbonyl (C=O) groups is 1. The SMILES string of the molecule is COc1cc(O)c2c(c1)[C@@H](O)[C@H](C)OC2=O. The number of phenols is 1. The lowest BCUT2D eigenvalue weighted by atomic mass is 9.95. The van der Waals surface area contributed by atoms with Gasteiger partial charge in [0.05, 0.1) is 7.11 Å². The summed E-state index contributed by atoms with van der Waals surface area (Å²) in [5.41, 5.74) is 0.340. The third-order valence-electron chi connectivity index (χ3n) is 2.62. The Morgan fingerprint density at radius 2 is 2.12 bits per heavy atom. The molecule has 0 saturated heterocycles. The molecule has 0 fully saturated rings. The minimum atomic E-state index is -0.950. The number of aromatic hydroxyl groups is 1. The number of hydrogen-bond donors (Lipinski definition) is 2. The zero-order valence-electron chi connectivity index (χ0n) is 8.93. The molecule has 1 heterocycles. The molecule has 5 heteroatoms. The lowest BCUT2D eigenvalue weighted by Gasteiger charge is -2.27. The van der Waals surface area contributed by atoms with E-state index < -0.39 is 18.2 Å². The molecule has 1 aromatic carbocycles. The van der Waals surface area contributed by atoms with Gasteiger partial charge in [0.15, 0.2) is 0 Å².